The van der Waals surface area contributed by atoms with Crippen LogP contribution in [0.4, 0.5) is 23.1 Å². The van der Waals surface area contributed by atoms with Crippen LogP contribution in [0.25, 0.3) is 50.7 Å². The monoisotopic (exact) mass is 1210 g/mol. The van der Waals surface area contributed by atoms with E-state index in [4.69, 9.17) is 24.1 Å². The first-order chi connectivity index (χ1) is 42.2. The molecule has 0 radical (unpaired) electrons. The number of nitrogens with zero attached hydrogens (tertiary/aromatic N) is 10. The van der Waals surface area contributed by atoms with Gasteiger partial charge in [-0.15, -0.1) is 0 Å². The van der Waals surface area contributed by atoms with Gasteiger partial charge in [0, 0.05) is 91.6 Å². The fraction of sp³-hybridized carbons (Fsp3) is 0.145. The van der Waals surface area contributed by atoms with Crippen molar-refractivity contribution in [2.45, 2.75) is 24.4 Å². The van der Waals surface area contributed by atoms with Gasteiger partial charge in [0.15, 0.2) is 57.4 Å². The number of primary sulfonamides is 1. The van der Waals surface area contributed by atoms with Crippen molar-refractivity contribution in [1.82, 2.24) is 48.1 Å². The molecule has 23 nitrogen and oxygen atoms in total. The lowest BCUT2D eigenvalue weighted by atomic mass is 10.1. The molecule has 0 atom stereocenters. The molecule has 12 aromatic rings. The highest BCUT2D eigenvalue weighted by atomic mass is 32.2. The third-order valence-corrected chi connectivity index (χ3v) is 15.1. The zero-order valence-corrected chi connectivity index (χ0v) is 49.6. The van der Waals surface area contributed by atoms with Crippen LogP contribution >= 0.6 is 0 Å². The summed E-state index contributed by atoms with van der Waals surface area (Å²) >= 11 is 0. The molecule has 7 heterocycles. The molecule has 87 heavy (non-hydrogen) atoms. The smallest absolute Gasteiger partial charge is 0.238 e. The Kier molecular flexibility index (Phi) is 18.4. The minimum atomic E-state index is -3.71. The Morgan fingerprint density at radius 2 is 0.920 bits per heavy atom. The van der Waals surface area contributed by atoms with Gasteiger partial charge in [-0.3, -0.25) is 22.9 Å². The van der Waals surface area contributed by atoms with Gasteiger partial charge in [-0.25, -0.2) is 51.9 Å². The number of hydrogen-bond donors (Lipinski definition) is 5. The maximum absolute atomic E-state index is 11.5. The van der Waals surface area contributed by atoms with Gasteiger partial charge in [-0.1, -0.05) is 54.6 Å². The quantitative estimate of drug-likeness (QED) is 0.0475. The molecule has 0 saturated heterocycles. The second-order valence-electron chi connectivity index (χ2n) is 19.3. The highest BCUT2D eigenvalue weighted by Crippen LogP contribution is 2.35. The van der Waals surface area contributed by atoms with Crippen LogP contribution in [0.3, 0.4) is 0 Å². The van der Waals surface area contributed by atoms with E-state index in [1.165, 1.54) is 23.3 Å². The summed E-state index contributed by atoms with van der Waals surface area (Å²) in [5, 5.41) is 15.1. The Bertz CT molecular complexity index is 4550. The molecule has 12 rings (SSSR count). The molecule has 0 saturated carbocycles. The molecule has 25 heteroatoms. The van der Waals surface area contributed by atoms with Crippen molar-refractivity contribution in [3.05, 3.63) is 212 Å². The molecule has 6 N–H and O–H groups in total. The van der Waals surface area contributed by atoms with E-state index in [-0.39, 0.29) is 4.90 Å². The lowest BCUT2D eigenvalue weighted by molar-refractivity contribution is 0.355. The predicted molar refractivity (Wildman–Crippen MR) is 335 cm³/mol. The van der Waals surface area contributed by atoms with Crippen LogP contribution in [-0.4, -0.2) is 106 Å². The number of nitrogens with two attached hydrogens (primary N) is 1. The Morgan fingerprint density at radius 1 is 0.460 bits per heavy atom. The van der Waals surface area contributed by atoms with E-state index >= 15 is 0 Å². The number of nitrogens with one attached hydrogen (secondary N) is 4. The lowest BCUT2D eigenvalue weighted by Crippen LogP contribution is -2.12. The number of fused-ring (bicyclic) bond motifs is 3. The highest BCUT2D eigenvalue weighted by molar-refractivity contribution is 7.92. The van der Waals surface area contributed by atoms with Gasteiger partial charge in [-0.2, -0.15) is 0 Å². The number of hydrogen-bond acceptors (Lipinski definition) is 18. The zero-order valence-electron chi connectivity index (χ0n) is 47.9. The maximum atomic E-state index is 11.5. The fourth-order valence-corrected chi connectivity index (χ4v) is 10.4. The standard InChI is InChI=1S/C21H21N5O4S.C21H20N4O2.C20H20N6O2S/c1-29-18-8-5-15(11-19(18)30-2)17-13-25-21-20(23-9-10-26(17)21)24-12-14-3-6-16(7-4-14)31(22,27)28;1-26-18-9-8-16(12-19(18)27-2)17-14-24-21-20(22-10-11-25(17)21)23-13-15-6-4-3-5-7-15;1-29(27,28)25-17-4-2-3-16(13-17)18-14-24-20-19(23-11-12-26(18)20)22-10-7-15-5-8-21-9-6-15/h3-11,13H,12H2,1-2H3,(H,23,24)(H2,22,27,28);3-12,14H,13H2,1-2H3,(H,22,23);2-6,8-9,11-14,25H,7,10H2,1H3,(H,22,23). The Balaban J connectivity index is 0.000000145. The third kappa shape index (κ3) is 14.5. The summed E-state index contributed by atoms with van der Waals surface area (Å²) in [6.45, 7) is 1.84. The van der Waals surface area contributed by atoms with Crippen LogP contribution in [0.2, 0.25) is 0 Å². The number of sulfonamides is 2. The number of ether oxygens (including phenoxy) is 4. The first-order valence-electron chi connectivity index (χ1n) is 27.0. The van der Waals surface area contributed by atoms with Crippen molar-refractivity contribution in [3.8, 4) is 56.8 Å². The van der Waals surface area contributed by atoms with E-state index in [1.807, 2.05) is 111 Å². The van der Waals surface area contributed by atoms with E-state index in [9.17, 15) is 16.8 Å². The van der Waals surface area contributed by atoms with E-state index in [0.717, 1.165) is 63.5 Å². The number of anilines is 4. The molecule has 0 aliphatic carbocycles. The molecule has 0 amide bonds. The van der Waals surface area contributed by atoms with Crippen LogP contribution in [0.1, 0.15) is 16.7 Å². The summed E-state index contributed by atoms with van der Waals surface area (Å²) in [6, 6.07) is 39.2. The topological polar surface area (TPSA) is 283 Å². The van der Waals surface area contributed by atoms with Gasteiger partial charge in [0.2, 0.25) is 20.0 Å². The van der Waals surface area contributed by atoms with E-state index in [2.05, 4.69) is 67.7 Å². The predicted octanol–water partition coefficient (Wildman–Crippen LogP) is 9.52. The van der Waals surface area contributed by atoms with Crippen molar-refractivity contribution in [3.63, 3.8) is 0 Å². The maximum Gasteiger partial charge on any atom is 0.238 e. The van der Waals surface area contributed by atoms with Gasteiger partial charge in [0.1, 0.15) is 0 Å². The average Bonchev–Trinajstić information content (AvgIpc) is 4.00. The number of imidazole rings is 3. The summed E-state index contributed by atoms with van der Waals surface area (Å²) in [5.74, 6) is 4.70. The van der Waals surface area contributed by atoms with Crippen LogP contribution < -0.4 is 44.8 Å². The van der Waals surface area contributed by atoms with Gasteiger partial charge >= 0.3 is 0 Å². The normalized spacial score (nSPS) is 11.2. The zero-order chi connectivity index (χ0) is 60.9. The summed E-state index contributed by atoms with van der Waals surface area (Å²) < 4.78 is 75.6. The van der Waals surface area contributed by atoms with E-state index in [1.54, 1.807) is 102 Å². The molecule has 0 aliphatic heterocycles. The Labute approximate surface area is 502 Å². The van der Waals surface area contributed by atoms with Crippen molar-refractivity contribution in [1.29, 1.82) is 0 Å². The Hall–Kier alpha value is -10.6. The largest absolute Gasteiger partial charge is 0.493 e. The second-order valence-corrected chi connectivity index (χ2v) is 22.7. The summed E-state index contributed by atoms with van der Waals surface area (Å²) in [5.41, 5.74) is 11.3. The molecular formula is C62H61N15O8S2. The van der Waals surface area contributed by atoms with Crippen molar-refractivity contribution in [2.24, 2.45) is 5.14 Å². The number of rotatable bonds is 20. The van der Waals surface area contributed by atoms with Gasteiger partial charge in [0.05, 0.1) is 75.3 Å². The fourth-order valence-electron chi connectivity index (χ4n) is 9.36. The molecular weight excluding hydrogens is 1150 g/mol. The first-order valence-corrected chi connectivity index (χ1v) is 30.4. The SMILES string of the molecule is COc1ccc(-c2cnc3c(NCc4ccc(S(N)(=O)=O)cc4)nccn23)cc1OC.COc1ccc(-c2cnc3c(NCc4ccccc4)nccn23)cc1OC.CS(=O)(=O)Nc1cccc(-c2cnc3c(NCCc4ccncc4)nccn23)c1. The van der Waals surface area contributed by atoms with Gasteiger partial charge < -0.3 is 34.9 Å². The van der Waals surface area contributed by atoms with Crippen LogP contribution in [0.15, 0.2) is 200 Å². The van der Waals surface area contributed by atoms with E-state index < -0.39 is 20.0 Å². The van der Waals surface area contributed by atoms with Crippen LogP contribution in [0.5, 0.6) is 23.0 Å². The summed E-state index contributed by atoms with van der Waals surface area (Å²) in [4.78, 5) is 31.0. The number of methoxy groups -OCH3 is 4. The van der Waals surface area contributed by atoms with Crippen LogP contribution in [-0.2, 0) is 39.6 Å². The second kappa shape index (κ2) is 27.0. The summed E-state index contributed by atoms with van der Waals surface area (Å²) in [7, 11) is -0.606. The van der Waals surface area contributed by atoms with Crippen molar-refractivity contribution in [2.75, 3.05) is 61.9 Å². The summed E-state index contributed by atoms with van der Waals surface area (Å²) in [6.07, 6.45) is 21.6. The van der Waals surface area contributed by atoms with Crippen molar-refractivity contribution < 1.29 is 35.8 Å². The first kappa shape index (κ1) is 59.5. The molecule has 7 aromatic heterocycles. The molecule has 5 aromatic carbocycles. The van der Waals surface area contributed by atoms with Crippen LogP contribution in [0, 0.1) is 0 Å². The number of benzene rings is 5. The third-order valence-electron chi connectivity index (χ3n) is 13.6. The Morgan fingerprint density at radius 3 is 1.38 bits per heavy atom. The minimum Gasteiger partial charge on any atom is -0.493 e. The van der Waals surface area contributed by atoms with Gasteiger partial charge in [0.25, 0.3) is 0 Å². The minimum absolute atomic E-state index is 0.0734. The highest BCUT2D eigenvalue weighted by Gasteiger charge is 2.17. The molecule has 0 fully saturated rings. The molecule has 444 valence electrons. The lowest BCUT2D eigenvalue weighted by Gasteiger charge is -2.10. The number of pyridine rings is 1. The van der Waals surface area contributed by atoms with Crippen molar-refractivity contribution >= 4 is 60.1 Å². The van der Waals surface area contributed by atoms with E-state index in [0.29, 0.717) is 71.2 Å². The average molecular weight is 1210 g/mol. The molecule has 0 spiro atoms. The molecule has 0 unspecified atom stereocenters. The number of aromatic nitrogens is 10. The molecule has 0 bridgehead atoms. The molecule has 0 aliphatic rings. The van der Waals surface area contributed by atoms with Gasteiger partial charge in [-0.05, 0) is 95.9 Å².